The lowest BCUT2D eigenvalue weighted by atomic mass is 9.93. The topological polar surface area (TPSA) is 58.9 Å². The molecule has 0 saturated carbocycles. The summed E-state index contributed by atoms with van der Waals surface area (Å²) >= 11 is 13.1. The van der Waals surface area contributed by atoms with Crippen molar-refractivity contribution in [2.45, 2.75) is 50.9 Å². The summed E-state index contributed by atoms with van der Waals surface area (Å²) in [5, 5.41) is 21.1. The van der Waals surface area contributed by atoms with E-state index < -0.39 is 6.10 Å². The van der Waals surface area contributed by atoms with Gasteiger partial charge in [-0.3, -0.25) is 0 Å². The van der Waals surface area contributed by atoms with Crippen molar-refractivity contribution in [1.82, 2.24) is 0 Å². The van der Waals surface area contributed by atoms with Gasteiger partial charge in [-0.1, -0.05) is 59.6 Å². The highest BCUT2D eigenvalue weighted by Gasteiger charge is 2.29. The first kappa shape index (κ1) is 25.0. The molecule has 2 N–H and O–H groups in total. The molecule has 3 aromatic rings. The SMILES string of the molecule is CCOc1ccc(Cc2cc(Cc3cc(C4CC(O)CC(CO)O4)ccc3Cl)ccc2Cl)cc1. The molecule has 0 aliphatic carbocycles. The Labute approximate surface area is 211 Å². The fraction of sp³-hybridized carbons (Fsp3) is 0.357. The Bertz CT molecular complexity index is 1100. The van der Waals surface area contributed by atoms with Crippen molar-refractivity contribution >= 4 is 23.2 Å². The van der Waals surface area contributed by atoms with Crippen LogP contribution in [0.15, 0.2) is 60.7 Å². The molecular formula is C28H30Cl2O4. The fourth-order valence-corrected chi connectivity index (χ4v) is 4.81. The molecule has 180 valence electrons. The molecule has 4 rings (SSSR count). The van der Waals surface area contributed by atoms with Gasteiger partial charge in [0.1, 0.15) is 5.75 Å². The largest absolute Gasteiger partial charge is 0.494 e. The Kier molecular flexibility index (Phi) is 8.51. The Morgan fingerprint density at radius 1 is 0.882 bits per heavy atom. The molecule has 34 heavy (non-hydrogen) atoms. The quantitative estimate of drug-likeness (QED) is 0.389. The molecule has 1 fully saturated rings. The number of aliphatic hydroxyl groups is 2. The molecule has 3 unspecified atom stereocenters. The molecule has 3 aromatic carbocycles. The van der Waals surface area contributed by atoms with Gasteiger partial charge in [-0.25, -0.2) is 0 Å². The monoisotopic (exact) mass is 500 g/mol. The normalized spacial score (nSPS) is 20.3. The van der Waals surface area contributed by atoms with Crippen LogP contribution in [0.1, 0.15) is 53.7 Å². The number of hydrogen-bond acceptors (Lipinski definition) is 4. The Morgan fingerprint density at radius 2 is 1.53 bits per heavy atom. The van der Waals surface area contributed by atoms with E-state index in [9.17, 15) is 10.2 Å². The number of rotatable bonds is 8. The molecule has 1 aliphatic rings. The lowest BCUT2D eigenvalue weighted by molar-refractivity contribution is -0.113. The van der Waals surface area contributed by atoms with Gasteiger partial charge in [0, 0.05) is 22.9 Å². The van der Waals surface area contributed by atoms with Crippen LogP contribution >= 0.6 is 23.2 Å². The summed E-state index contributed by atoms with van der Waals surface area (Å²) < 4.78 is 11.5. The van der Waals surface area contributed by atoms with Crippen molar-refractivity contribution in [2.24, 2.45) is 0 Å². The van der Waals surface area contributed by atoms with Crippen LogP contribution in [0.2, 0.25) is 10.0 Å². The minimum absolute atomic E-state index is 0.101. The van der Waals surface area contributed by atoms with E-state index in [4.69, 9.17) is 32.7 Å². The highest BCUT2D eigenvalue weighted by atomic mass is 35.5. The van der Waals surface area contributed by atoms with Crippen LogP contribution in [-0.4, -0.2) is 35.6 Å². The van der Waals surface area contributed by atoms with Crippen LogP contribution < -0.4 is 4.74 Å². The second-order valence-corrected chi connectivity index (χ2v) is 9.58. The summed E-state index contributed by atoms with van der Waals surface area (Å²) in [6.07, 6.45) is 1.23. The van der Waals surface area contributed by atoms with E-state index in [1.54, 1.807) is 0 Å². The van der Waals surface area contributed by atoms with Gasteiger partial charge < -0.3 is 19.7 Å². The summed E-state index contributed by atoms with van der Waals surface area (Å²) in [4.78, 5) is 0. The van der Waals surface area contributed by atoms with Gasteiger partial charge in [0.25, 0.3) is 0 Å². The molecule has 3 atom stereocenters. The number of benzene rings is 3. The summed E-state index contributed by atoms with van der Waals surface area (Å²) in [7, 11) is 0. The molecule has 0 radical (unpaired) electrons. The van der Waals surface area contributed by atoms with Gasteiger partial charge in [0.15, 0.2) is 0 Å². The zero-order chi connectivity index (χ0) is 24.1. The zero-order valence-electron chi connectivity index (χ0n) is 19.2. The standard InChI is InChI=1S/C28H30Cl2O4/c1-2-33-24-7-3-18(4-8-24)11-21-12-19(5-9-26(21)29)13-22-14-20(6-10-27(22)30)28-16-23(32)15-25(17-31)34-28/h3-10,12,14,23,25,28,31-32H,2,11,13,15-17H2,1H3. The lowest BCUT2D eigenvalue weighted by Gasteiger charge is -2.32. The van der Waals surface area contributed by atoms with Crippen molar-refractivity contribution in [3.05, 3.63) is 98.5 Å². The van der Waals surface area contributed by atoms with Gasteiger partial charge in [0.2, 0.25) is 0 Å². The van der Waals surface area contributed by atoms with E-state index in [1.165, 1.54) is 0 Å². The van der Waals surface area contributed by atoms with Crippen LogP contribution in [0.25, 0.3) is 0 Å². The average molecular weight is 501 g/mol. The van der Waals surface area contributed by atoms with E-state index in [0.717, 1.165) is 45.0 Å². The maximum atomic E-state index is 10.2. The number of halogens is 2. The zero-order valence-corrected chi connectivity index (χ0v) is 20.7. The van der Waals surface area contributed by atoms with E-state index in [2.05, 4.69) is 18.2 Å². The third kappa shape index (κ3) is 6.32. The molecule has 1 heterocycles. The van der Waals surface area contributed by atoms with Gasteiger partial charge >= 0.3 is 0 Å². The van der Waals surface area contributed by atoms with Crippen LogP contribution in [-0.2, 0) is 17.6 Å². The number of ether oxygens (including phenoxy) is 2. The Balaban J connectivity index is 1.52. The van der Waals surface area contributed by atoms with Gasteiger partial charge in [-0.15, -0.1) is 0 Å². The van der Waals surface area contributed by atoms with Crippen LogP contribution in [0.4, 0.5) is 0 Å². The number of hydrogen-bond donors (Lipinski definition) is 2. The molecule has 1 aliphatic heterocycles. The Morgan fingerprint density at radius 3 is 2.24 bits per heavy atom. The van der Waals surface area contributed by atoms with Crippen molar-refractivity contribution in [2.75, 3.05) is 13.2 Å². The van der Waals surface area contributed by atoms with Crippen LogP contribution in [0.3, 0.4) is 0 Å². The third-order valence-corrected chi connectivity index (χ3v) is 6.89. The summed E-state index contributed by atoms with van der Waals surface area (Å²) in [5.41, 5.74) is 5.27. The van der Waals surface area contributed by atoms with Crippen LogP contribution in [0.5, 0.6) is 5.75 Å². The first-order chi connectivity index (χ1) is 16.4. The summed E-state index contributed by atoms with van der Waals surface area (Å²) in [6.45, 7) is 2.51. The summed E-state index contributed by atoms with van der Waals surface area (Å²) in [5.74, 6) is 0.861. The number of aliphatic hydroxyl groups excluding tert-OH is 2. The minimum Gasteiger partial charge on any atom is -0.494 e. The molecular weight excluding hydrogens is 471 g/mol. The molecule has 1 saturated heterocycles. The maximum absolute atomic E-state index is 10.2. The maximum Gasteiger partial charge on any atom is 0.119 e. The minimum atomic E-state index is -0.489. The van der Waals surface area contributed by atoms with Crippen molar-refractivity contribution in [3.8, 4) is 5.75 Å². The fourth-order valence-electron chi connectivity index (χ4n) is 4.44. The van der Waals surface area contributed by atoms with Gasteiger partial charge in [0.05, 0.1) is 31.5 Å². The second kappa shape index (κ2) is 11.6. The van der Waals surface area contributed by atoms with Gasteiger partial charge in [-0.05, 0) is 71.8 Å². The van der Waals surface area contributed by atoms with E-state index in [0.29, 0.717) is 30.9 Å². The molecule has 0 aromatic heterocycles. The van der Waals surface area contributed by atoms with Crippen molar-refractivity contribution in [3.63, 3.8) is 0 Å². The highest BCUT2D eigenvalue weighted by molar-refractivity contribution is 6.31. The smallest absolute Gasteiger partial charge is 0.119 e. The molecule has 0 spiro atoms. The first-order valence-electron chi connectivity index (χ1n) is 11.7. The Hall–Kier alpha value is -2.08. The molecule has 0 amide bonds. The first-order valence-corrected chi connectivity index (χ1v) is 12.4. The predicted octanol–water partition coefficient (Wildman–Crippen LogP) is 6.15. The lowest BCUT2D eigenvalue weighted by Crippen LogP contribution is -2.33. The second-order valence-electron chi connectivity index (χ2n) is 8.76. The predicted molar refractivity (Wildman–Crippen MR) is 136 cm³/mol. The molecule has 6 heteroatoms. The molecule has 4 nitrogen and oxygen atoms in total. The highest BCUT2D eigenvalue weighted by Crippen LogP contribution is 2.34. The molecule has 0 bridgehead atoms. The summed E-state index contributed by atoms with van der Waals surface area (Å²) in [6, 6.07) is 20.0. The van der Waals surface area contributed by atoms with E-state index in [1.807, 2.05) is 49.4 Å². The van der Waals surface area contributed by atoms with Crippen molar-refractivity contribution < 1.29 is 19.7 Å². The van der Waals surface area contributed by atoms with E-state index in [-0.39, 0.29) is 18.8 Å². The average Bonchev–Trinajstić information content (AvgIpc) is 2.83. The van der Waals surface area contributed by atoms with Gasteiger partial charge in [-0.2, -0.15) is 0 Å². The van der Waals surface area contributed by atoms with E-state index >= 15 is 0 Å². The van der Waals surface area contributed by atoms with Crippen molar-refractivity contribution in [1.29, 1.82) is 0 Å². The van der Waals surface area contributed by atoms with Crippen LogP contribution in [0, 0.1) is 0 Å². The third-order valence-electron chi connectivity index (χ3n) is 6.16.